The molecule has 0 radical (unpaired) electrons. The van der Waals surface area contributed by atoms with E-state index in [1.165, 1.54) is 11.1 Å². The van der Waals surface area contributed by atoms with E-state index in [1.807, 2.05) is 18.2 Å². The van der Waals surface area contributed by atoms with Gasteiger partial charge in [-0.1, -0.05) is 54.1 Å². The Bertz CT molecular complexity index is 908. The zero-order valence-electron chi connectivity index (χ0n) is 19.0. The van der Waals surface area contributed by atoms with E-state index >= 15 is 0 Å². The maximum atomic E-state index is 12.2. The van der Waals surface area contributed by atoms with Crippen LogP contribution >= 0.6 is 0 Å². The number of benzene rings is 2. The predicted molar refractivity (Wildman–Crippen MR) is 129 cm³/mol. The summed E-state index contributed by atoms with van der Waals surface area (Å²) in [6.45, 7) is 5.63. The predicted octanol–water partition coefficient (Wildman–Crippen LogP) is 4.08. The van der Waals surface area contributed by atoms with Crippen LogP contribution in [0, 0.1) is 0 Å². The quantitative estimate of drug-likeness (QED) is 0.568. The highest BCUT2D eigenvalue weighted by atomic mass is 16.2. The number of nitrogens with one attached hydrogen (secondary N) is 1. The van der Waals surface area contributed by atoms with Gasteiger partial charge in [0, 0.05) is 45.8 Å². The average Bonchev–Trinajstić information content (AvgIpc) is 2.79. The van der Waals surface area contributed by atoms with Gasteiger partial charge >= 0.3 is 0 Å². The Morgan fingerprint density at radius 1 is 1.10 bits per heavy atom. The van der Waals surface area contributed by atoms with Gasteiger partial charge in [0.25, 0.3) is 5.91 Å². The summed E-state index contributed by atoms with van der Waals surface area (Å²) in [6.07, 6.45) is 5.27. The highest BCUT2D eigenvalue weighted by molar-refractivity contribution is 5.94. The fraction of sp³-hybridized carbons (Fsp3) is 0.385. The number of amides is 1. The third-order valence-corrected chi connectivity index (χ3v) is 5.45. The second kappa shape index (κ2) is 11.3. The molecule has 31 heavy (non-hydrogen) atoms. The van der Waals surface area contributed by atoms with Crippen LogP contribution in [0.3, 0.4) is 0 Å². The van der Waals surface area contributed by atoms with Crippen molar-refractivity contribution in [3.05, 3.63) is 76.9 Å². The Balaban J connectivity index is 1.58. The molecule has 0 aromatic heterocycles. The molecule has 0 atom stereocenters. The van der Waals surface area contributed by atoms with Crippen molar-refractivity contribution in [2.45, 2.75) is 26.2 Å². The van der Waals surface area contributed by atoms with Crippen LogP contribution in [0.2, 0.25) is 0 Å². The van der Waals surface area contributed by atoms with Crippen LogP contribution in [0.1, 0.15) is 41.3 Å². The molecular weight excluding hydrogens is 384 g/mol. The molecule has 0 unspecified atom stereocenters. The normalized spacial score (nSPS) is 14.4. The molecule has 0 saturated carbocycles. The van der Waals surface area contributed by atoms with Crippen molar-refractivity contribution in [2.24, 2.45) is 4.99 Å². The molecule has 2 aromatic carbocycles. The molecule has 0 bridgehead atoms. The van der Waals surface area contributed by atoms with Crippen LogP contribution < -0.4 is 5.32 Å². The molecule has 1 aliphatic heterocycles. The number of likely N-dealkylation sites (tertiary alicyclic amines) is 1. The smallest absolute Gasteiger partial charge is 0.253 e. The molecule has 3 rings (SSSR count). The lowest BCUT2D eigenvalue weighted by molar-refractivity contribution is 0.0827. The van der Waals surface area contributed by atoms with E-state index in [2.05, 4.69) is 59.6 Å². The first-order chi connectivity index (χ1) is 15.1. The summed E-state index contributed by atoms with van der Waals surface area (Å²) in [4.78, 5) is 21.0. The van der Waals surface area contributed by atoms with Gasteiger partial charge < -0.3 is 15.1 Å². The molecule has 164 valence electrons. The number of aliphatic imine (C=N–C) groups is 1. The lowest BCUT2D eigenvalue weighted by Crippen LogP contribution is -2.44. The van der Waals surface area contributed by atoms with Crippen LogP contribution in [-0.2, 0) is 6.42 Å². The largest absolute Gasteiger partial charge is 0.357 e. The third kappa shape index (κ3) is 6.71. The Morgan fingerprint density at radius 3 is 2.52 bits per heavy atom. The van der Waals surface area contributed by atoms with E-state index < -0.39 is 0 Å². The van der Waals surface area contributed by atoms with Gasteiger partial charge in [0.2, 0.25) is 0 Å². The molecule has 0 aliphatic carbocycles. The summed E-state index contributed by atoms with van der Waals surface area (Å²) < 4.78 is 0. The summed E-state index contributed by atoms with van der Waals surface area (Å²) in [5.41, 5.74) is 4.65. The van der Waals surface area contributed by atoms with Gasteiger partial charge in [-0.2, -0.15) is 0 Å². The molecule has 1 amide bonds. The van der Waals surface area contributed by atoms with Crippen molar-refractivity contribution in [3.63, 3.8) is 0 Å². The Hall–Kier alpha value is -3.08. The molecule has 2 aromatic rings. The Labute approximate surface area is 186 Å². The number of rotatable bonds is 6. The average molecular weight is 419 g/mol. The van der Waals surface area contributed by atoms with Crippen molar-refractivity contribution >= 4 is 17.9 Å². The molecule has 1 aliphatic rings. The van der Waals surface area contributed by atoms with Crippen LogP contribution in [0.4, 0.5) is 0 Å². The third-order valence-electron chi connectivity index (χ3n) is 5.45. The van der Waals surface area contributed by atoms with Crippen LogP contribution in [0.25, 0.3) is 6.08 Å². The van der Waals surface area contributed by atoms with Gasteiger partial charge in [0.15, 0.2) is 5.96 Å². The topological polar surface area (TPSA) is 47.9 Å². The van der Waals surface area contributed by atoms with Gasteiger partial charge in [-0.05, 0) is 49.4 Å². The fourth-order valence-electron chi connectivity index (χ4n) is 3.77. The second-order valence-corrected chi connectivity index (χ2v) is 8.09. The summed E-state index contributed by atoms with van der Waals surface area (Å²) >= 11 is 0. The van der Waals surface area contributed by atoms with Gasteiger partial charge in [0.05, 0.1) is 0 Å². The van der Waals surface area contributed by atoms with E-state index in [-0.39, 0.29) is 5.91 Å². The minimum atomic E-state index is 0.0337. The molecule has 1 fully saturated rings. The van der Waals surface area contributed by atoms with E-state index in [1.54, 1.807) is 19.0 Å². The van der Waals surface area contributed by atoms with E-state index in [4.69, 9.17) is 4.99 Å². The van der Waals surface area contributed by atoms with Gasteiger partial charge in [-0.25, -0.2) is 0 Å². The lowest BCUT2D eigenvalue weighted by Gasteiger charge is -2.31. The van der Waals surface area contributed by atoms with Crippen molar-refractivity contribution in [2.75, 3.05) is 40.3 Å². The highest BCUT2D eigenvalue weighted by Gasteiger charge is 2.17. The van der Waals surface area contributed by atoms with Crippen LogP contribution in [0.15, 0.2) is 65.2 Å². The van der Waals surface area contributed by atoms with Crippen LogP contribution in [0.5, 0.6) is 0 Å². The number of hydrogen-bond acceptors (Lipinski definition) is 2. The van der Waals surface area contributed by atoms with Gasteiger partial charge in [0.1, 0.15) is 0 Å². The minimum absolute atomic E-state index is 0.0337. The first kappa shape index (κ1) is 22.6. The number of hydrogen-bond donors (Lipinski definition) is 1. The number of piperidine rings is 1. The number of nitrogens with zero attached hydrogens (tertiary/aromatic N) is 3. The lowest BCUT2D eigenvalue weighted by atomic mass is 10.0. The van der Waals surface area contributed by atoms with Crippen molar-refractivity contribution in [3.8, 4) is 0 Å². The Morgan fingerprint density at radius 2 is 1.84 bits per heavy atom. The fourth-order valence-corrected chi connectivity index (χ4v) is 3.77. The number of carbonyl (C=O) groups is 1. The summed E-state index contributed by atoms with van der Waals surface area (Å²) in [7, 11) is 3.56. The van der Waals surface area contributed by atoms with Crippen molar-refractivity contribution in [1.29, 1.82) is 0 Å². The number of carbonyl (C=O) groups excluding carboxylic acids is 1. The molecule has 5 nitrogen and oxygen atoms in total. The van der Waals surface area contributed by atoms with Crippen molar-refractivity contribution < 1.29 is 4.79 Å². The minimum Gasteiger partial charge on any atom is -0.357 e. The SMILES string of the molecule is CCNC(=NCCc1cccc(C(=O)N(C)C)c1)N1CCC(=Cc2ccccc2)CC1. The van der Waals surface area contributed by atoms with Crippen LogP contribution in [-0.4, -0.2) is 61.9 Å². The summed E-state index contributed by atoms with van der Waals surface area (Å²) in [5, 5.41) is 3.44. The monoisotopic (exact) mass is 418 g/mol. The maximum Gasteiger partial charge on any atom is 0.253 e. The standard InChI is InChI=1S/C26H34N4O/c1-4-27-26(28-16-13-22-11-8-12-24(20-22)25(31)29(2)3)30-17-14-23(15-18-30)19-21-9-6-5-7-10-21/h5-12,19-20H,4,13-18H2,1-3H3,(H,27,28). The zero-order chi connectivity index (χ0) is 22.1. The van der Waals surface area contributed by atoms with Gasteiger partial charge in [-0.3, -0.25) is 9.79 Å². The summed E-state index contributed by atoms with van der Waals surface area (Å²) in [6, 6.07) is 18.4. The van der Waals surface area contributed by atoms with E-state index in [9.17, 15) is 4.79 Å². The zero-order valence-corrected chi connectivity index (χ0v) is 19.0. The maximum absolute atomic E-state index is 12.2. The molecule has 5 heteroatoms. The molecule has 1 N–H and O–H groups in total. The highest BCUT2D eigenvalue weighted by Crippen LogP contribution is 2.19. The first-order valence-corrected chi connectivity index (χ1v) is 11.1. The van der Waals surface area contributed by atoms with Crippen molar-refractivity contribution in [1.82, 2.24) is 15.1 Å². The first-order valence-electron chi connectivity index (χ1n) is 11.1. The molecule has 0 spiro atoms. The van der Waals surface area contributed by atoms with E-state index in [0.29, 0.717) is 6.54 Å². The van der Waals surface area contributed by atoms with Gasteiger partial charge in [-0.15, -0.1) is 0 Å². The summed E-state index contributed by atoms with van der Waals surface area (Å²) in [5.74, 6) is 1.02. The second-order valence-electron chi connectivity index (χ2n) is 8.09. The molecule has 1 saturated heterocycles. The molecule has 1 heterocycles. The molecular formula is C26H34N4O. The van der Waals surface area contributed by atoms with E-state index in [0.717, 1.165) is 56.0 Å². The number of guanidine groups is 1. The Kier molecular flexibility index (Phi) is 8.27.